The highest BCUT2D eigenvalue weighted by molar-refractivity contribution is 5.94. The molecule has 10 heteroatoms. The molecule has 1 atom stereocenters. The topological polar surface area (TPSA) is 126 Å². The molecule has 1 aromatic heterocycles. The van der Waals surface area contributed by atoms with Gasteiger partial charge < -0.3 is 15.3 Å². The zero-order valence-corrected chi connectivity index (χ0v) is 14.5. The molecule has 2 heterocycles. The van der Waals surface area contributed by atoms with E-state index in [1.54, 1.807) is 10.7 Å². The molecule has 10 nitrogen and oxygen atoms in total. The predicted octanol–water partition coefficient (Wildman–Crippen LogP) is 2.16. The van der Waals surface area contributed by atoms with Crippen LogP contribution in [0.25, 0.3) is 11.0 Å². The summed E-state index contributed by atoms with van der Waals surface area (Å²) in [6, 6.07) is 2.99. The monoisotopic (exact) mass is 360 g/mol. The number of carbonyl (C=O) groups is 1. The van der Waals surface area contributed by atoms with Crippen molar-refractivity contribution in [3.05, 3.63) is 22.2 Å². The molecular weight excluding hydrogens is 340 g/mol. The van der Waals surface area contributed by atoms with E-state index < -0.39 is 11.0 Å². The average molecular weight is 360 g/mol. The molecule has 1 amide bonds. The molecule has 1 aliphatic heterocycles. The zero-order chi connectivity index (χ0) is 18.6. The van der Waals surface area contributed by atoms with Gasteiger partial charge in [-0.15, -0.1) is 5.10 Å². The molecule has 1 spiro atoms. The Morgan fingerprint density at radius 1 is 1.46 bits per heavy atom. The lowest BCUT2D eigenvalue weighted by atomic mass is 10.0. The molecule has 138 valence electrons. The van der Waals surface area contributed by atoms with Gasteiger partial charge in [-0.1, -0.05) is 5.21 Å². The number of fused-ring (bicyclic) bond motifs is 1. The molecule has 0 unspecified atom stereocenters. The maximum atomic E-state index is 11.6. The van der Waals surface area contributed by atoms with Crippen LogP contribution in [-0.2, 0) is 0 Å². The summed E-state index contributed by atoms with van der Waals surface area (Å²) in [4.78, 5) is 24.2. The number of rotatable bonds is 4. The van der Waals surface area contributed by atoms with Crippen LogP contribution in [0.4, 0.5) is 16.2 Å². The van der Waals surface area contributed by atoms with Crippen LogP contribution in [0.5, 0.6) is 0 Å². The van der Waals surface area contributed by atoms with Gasteiger partial charge in [0.1, 0.15) is 11.2 Å². The van der Waals surface area contributed by atoms with Gasteiger partial charge >= 0.3 is 6.09 Å². The van der Waals surface area contributed by atoms with E-state index >= 15 is 0 Å². The molecule has 2 aliphatic rings. The molecule has 26 heavy (non-hydrogen) atoms. The van der Waals surface area contributed by atoms with Crippen LogP contribution in [0.1, 0.15) is 32.7 Å². The number of nitro groups is 1. The molecule has 1 saturated heterocycles. The lowest BCUT2D eigenvalue weighted by Gasteiger charge is -2.19. The van der Waals surface area contributed by atoms with Crippen molar-refractivity contribution in [1.29, 1.82) is 0 Å². The van der Waals surface area contributed by atoms with E-state index in [1.165, 1.54) is 6.07 Å². The van der Waals surface area contributed by atoms with Gasteiger partial charge in [0.15, 0.2) is 0 Å². The largest absolute Gasteiger partial charge is 0.465 e. The number of hydrogen-bond donors (Lipinski definition) is 2. The Balaban J connectivity index is 1.81. The summed E-state index contributed by atoms with van der Waals surface area (Å²) >= 11 is 0. The number of anilines is 1. The smallest absolute Gasteiger partial charge is 0.404 e. The van der Waals surface area contributed by atoms with Gasteiger partial charge in [-0.25, -0.2) is 9.48 Å². The van der Waals surface area contributed by atoms with Gasteiger partial charge in [0.25, 0.3) is 5.69 Å². The third kappa shape index (κ3) is 2.44. The highest BCUT2D eigenvalue weighted by atomic mass is 16.6. The van der Waals surface area contributed by atoms with Crippen LogP contribution in [0.3, 0.4) is 0 Å². The van der Waals surface area contributed by atoms with Crippen LogP contribution < -0.4 is 10.2 Å². The fraction of sp³-hybridized carbons (Fsp3) is 0.562. The molecule has 0 bridgehead atoms. The summed E-state index contributed by atoms with van der Waals surface area (Å²) in [5, 5.41) is 31.7. The minimum Gasteiger partial charge on any atom is -0.465 e. The maximum absolute atomic E-state index is 11.6. The number of hydrogen-bond acceptors (Lipinski definition) is 6. The lowest BCUT2D eigenvalue weighted by molar-refractivity contribution is -0.384. The van der Waals surface area contributed by atoms with Crippen molar-refractivity contribution in [3.63, 3.8) is 0 Å². The quantitative estimate of drug-likeness (QED) is 0.632. The number of nitro benzene ring substituents is 1. The Morgan fingerprint density at radius 2 is 2.19 bits per heavy atom. The molecule has 1 aliphatic carbocycles. The highest BCUT2D eigenvalue weighted by Gasteiger charge is 2.56. The Kier molecular flexibility index (Phi) is 3.53. The van der Waals surface area contributed by atoms with E-state index in [0.717, 1.165) is 18.4 Å². The third-order valence-corrected chi connectivity index (χ3v) is 5.44. The van der Waals surface area contributed by atoms with Crippen molar-refractivity contribution in [3.8, 4) is 0 Å². The second kappa shape index (κ2) is 5.55. The first kappa shape index (κ1) is 16.6. The lowest BCUT2D eigenvalue weighted by Crippen LogP contribution is -2.40. The summed E-state index contributed by atoms with van der Waals surface area (Å²) in [7, 11) is 0. The molecule has 2 aromatic rings. The maximum Gasteiger partial charge on any atom is 0.404 e. The van der Waals surface area contributed by atoms with Crippen molar-refractivity contribution in [1.82, 2.24) is 20.3 Å². The van der Waals surface area contributed by atoms with Crippen molar-refractivity contribution < 1.29 is 14.8 Å². The second-order valence-electron chi connectivity index (χ2n) is 7.43. The number of amides is 1. The molecule has 2 fully saturated rings. The predicted molar refractivity (Wildman–Crippen MR) is 93.4 cm³/mol. The SMILES string of the molecule is CC(C)n1nnc2c(N3C[C@H](NC(=O)O)C4(CC4)C3)c([N+](=O)[O-])ccc21. The molecule has 1 saturated carbocycles. The van der Waals surface area contributed by atoms with Crippen LogP contribution >= 0.6 is 0 Å². The minimum absolute atomic E-state index is 0.0277. The summed E-state index contributed by atoms with van der Waals surface area (Å²) in [6.45, 7) is 4.90. The minimum atomic E-state index is -1.07. The number of aromatic nitrogens is 3. The van der Waals surface area contributed by atoms with Gasteiger partial charge in [0.05, 0.1) is 16.5 Å². The number of nitrogens with one attached hydrogen (secondary N) is 1. The van der Waals surface area contributed by atoms with E-state index in [4.69, 9.17) is 5.11 Å². The fourth-order valence-corrected chi connectivity index (χ4v) is 3.98. The number of carboxylic acid groups (broad SMARTS) is 1. The standard InChI is InChI=1S/C16H20N6O4/c1-9(2)21-10-3-4-11(22(25)26)14(13(10)18-19-21)20-7-12(17-15(23)24)16(8-20)5-6-16/h3-4,9,12,17H,5-8H2,1-2H3,(H,23,24)/t12-/m0/s1. The molecule has 1 aromatic carbocycles. The first-order chi connectivity index (χ1) is 12.3. The summed E-state index contributed by atoms with van der Waals surface area (Å²) < 4.78 is 1.73. The molecule has 2 N–H and O–H groups in total. The van der Waals surface area contributed by atoms with E-state index in [-0.39, 0.29) is 23.2 Å². The van der Waals surface area contributed by atoms with Gasteiger partial charge in [0, 0.05) is 30.6 Å². The Hall–Kier alpha value is -2.91. The Bertz CT molecular complexity index is 904. The zero-order valence-electron chi connectivity index (χ0n) is 14.5. The Labute approximate surface area is 148 Å². The summed E-state index contributed by atoms with van der Waals surface area (Å²) in [5.74, 6) is 0. The van der Waals surface area contributed by atoms with Crippen LogP contribution in [-0.4, -0.2) is 50.2 Å². The first-order valence-electron chi connectivity index (χ1n) is 8.59. The van der Waals surface area contributed by atoms with Gasteiger partial charge in [0.2, 0.25) is 0 Å². The van der Waals surface area contributed by atoms with Crippen molar-refractivity contribution in [2.75, 3.05) is 18.0 Å². The van der Waals surface area contributed by atoms with Crippen LogP contribution in [0.15, 0.2) is 12.1 Å². The first-order valence-corrected chi connectivity index (χ1v) is 8.59. The van der Waals surface area contributed by atoms with Gasteiger partial charge in [-0.05, 0) is 32.8 Å². The van der Waals surface area contributed by atoms with E-state index in [1.807, 2.05) is 18.7 Å². The van der Waals surface area contributed by atoms with E-state index in [0.29, 0.717) is 24.3 Å². The summed E-state index contributed by atoms with van der Waals surface area (Å²) in [6.07, 6.45) is 0.759. The number of nitrogens with zero attached hydrogens (tertiary/aromatic N) is 5. The second-order valence-corrected chi connectivity index (χ2v) is 7.43. The average Bonchev–Trinajstić information content (AvgIpc) is 3.07. The van der Waals surface area contributed by atoms with Gasteiger partial charge in [-0.2, -0.15) is 0 Å². The molecule has 4 rings (SSSR count). The number of benzene rings is 1. The van der Waals surface area contributed by atoms with E-state index in [9.17, 15) is 14.9 Å². The molecular formula is C16H20N6O4. The van der Waals surface area contributed by atoms with Gasteiger partial charge in [-0.3, -0.25) is 10.1 Å². The van der Waals surface area contributed by atoms with Crippen molar-refractivity contribution >= 4 is 28.5 Å². The third-order valence-electron chi connectivity index (χ3n) is 5.44. The van der Waals surface area contributed by atoms with E-state index in [2.05, 4.69) is 15.6 Å². The summed E-state index contributed by atoms with van der Waals surface area (Å²) in [5.41, 5.74) is 1.49. The van der Waals surface area contributed by atoms with Crippen LogP contribution in [0.2, 0.25) is 0 Å². The highest BCUT2D eigenvalue weighted by Crippen LogP contribution is 2.54. The molecule has 0 radical (unpaired) electrons. The normalized spacial score (nSPS) is 20.9. The van der Waals surface area contributed by atoms with Crippen molar-refractivity contribution in [2.24, 2.45) is 5.41 Å². The van der Waals surface area contributed by atoms with Crippen LogP contribution in [0, 0.1) is 15.5 Å². The van der Waals surface area contributed by atoms with Crippen molar-refractivity contribution in [2.45, 2.75) is 38.8 Å². The Morgan fingerprint density at radius 3 is 2.77 bits per heavy atom. The fourth-order valence-electron chi connectivity index (χ4n) is 3.98.